The third-order valence-corrected chi connectivity index (χ3v) is 8.13. The second-order valence-corrected chi connectivity index (χ2v) is 11.5. The fraction of sp³-hybridized carbons (Fsp3) is 0.667. The van der Waals surface area contributed by atoms with Crippen LogP contribution >= 0.6 is 15.0 Å². The number of hydrogen-bond donors (Lipinski definition) is 2. The fourth-order valence-corrected chi connectivity index (χ4v) is 5.69. The summed E-state index contributed by atoms with van der Waals surface area (Å²) in [7, 11) is -6.69. The molecule has 0 aromatic heterocycles. The zero-order valence-corrected chi connectivity index (χ0v) is 18.4. The van der Waals surface area contributed by atoms with Crippen molar-refractivity contribution in [3.05, 3.63) is 34.9 Å². The zero-order valence-electron chi connectivity index (χ0n) is 16.6. The Hall–Kier alpha value is -0.480. The highest BCUT2D eigenvalue weighted by atomic mass is 31.2. The molecule has 0 bridgehead atoms. The Bertz CT molecular complexity index is 597. The van der Waals surface area contributed by atoms with Gasteiger partial charge in [0, 0.05) is 7.11 Å². The molecule has 8 heteroatoms. The van der Waals surface area contributed by atoms with Gasteiger partial charge in [-0.05, 0) is 53.4 Å². The van der Waals surface area contributed by atoms with Gasteiger partial charge in [-0.3, -0.25) is 9.13 Å². The average Bonchev–Trinajstić information content (AvgIpc) is 2.49. The molecule has 0 radical (unpaired) electrons. The fourth-order valence-electron chi connectivity index (χ4n) is 2.16. The number of rotatable bonds is 13. The number of ether oxygens (including phenoxy) is 1. The van der Waals surface area contributed by atoms with Gasteiger partial charge in [0.25, 0.3) is 0 Å². The highest BCUT2D eigenvalue weighted by Gasteiger charge is 2.31. The van der Waals surface area contributed by atoms with Crippen molar-refractivity contribution in [1.82, 2.24) is 0 Å². The topological polar surface area (TPSA) is 93.1 Å². The molecule has 152 valence electrons. The van der Waals surface area contributed by atoms with E-state index in [0.29, 0.717) is 0 Å². The maximum absolute atomic E-state index is 12.1. The van der Waals surface area contributed by atoms with Crippen molar-refractivity contribution in [3.8, 4) is 0 Å². The molecule has 0 spiro atoms. The number of allylic oxidation sites excluding steroid dienone is 5. The lowest BCUT2D eigenvalue weighted by atomic mass is 10.1. The Morgan fingerprint density at radius 1 is 0.923 bits per heavy atom. The van der Waals surface area contributed by atoms with Crippen LogP contribution in [0.2, 0.25) is 0 Å². The first kappa shape index (κ1) is 25.5. The average molecular weight is 408 g/mol. The van der Waals surface area contributed by atoms with Gasteiger partial charge in [-0.1, -0.05) is 34.9 Å². The van der Waals surface area contributed by atoms with E-state index >= 15 is 0 Å². The van der Waals surface area contributed by atoms with Crippen LogP contribution in [0, 0.1) is 0 Å². The maximum Gasteiger partial charge on any atom is 0.335 e. The molecule has 0 aromatic carbocycles. The van der Waals surface area contributed by atoms with E-state index in [0.717, 1.165) is 31.3 Å². The Balaban J connectivity index is 4.20. The summed E-state index contributed by atoms with van der Waals surface area (Å²) in [6.45, 7) is 8.59. The highest BCUT2D eigenvalue weighted by molar-refractivity contribution is 7.73. The van der Waals surface area contributed by atoms with Crippen LogP contribution in [-0.2, 0) is 18.4 Å². The molecule has 0 heterocycles. The second-order valence-electron chi connectivity index (χ2n) is 6.76. The summed E-state index contributed by atoms with van der Waals surface area (Å²) < 4.78 is 33.2. The maximum atomic E-state index is 12.1. The third-order valence-electron chi connectivity index (χ3n) is 3.69. The van der Waals surface area contributed by atoms with Crippen LogP contribution in [0.15, 0.2) is 34.9 Å². The lowest BCUT2D eigenvalue weighted by Gasteiger charge is -2.16. The van der Waals surface area contributed by atoms with E-state index in [4.69, 9.17) is 19.0 Å². The quantitative estimate of drug-likeness (QED) is 0.239. The van der Waals surface area contributed by atoms with Gasteiger partial charge in [0.05, 0.1) is 6.61 Å². The molecule has 0 rings (SSSR count). The van der Waals surface area contributed by atoms with Crippen LogP contribution in [0.25, 0.3) is 0 Å². The Morgan fingerprint density at radius 3 is 1.96 bits per heavy atom. The van der Waals surface area contributed by atoms with E-state index in [-0.39, 0.29) is 13.0 Å². The van der Waals surface area contributed by atoms with E-state index in [2.05, 4.69) is 32.9 Å². The van der Waals surface area contributed by atoms with E-state index in [1.54, 1.807) is 0 Å². The summed E-state index contributed by atoms with van der Waals surface area (Å²) in [5.74, 6) is -0.796. The van der Waals surface area contributed by atoms with Gasteiger partial charge in [0.15, 0.2) is 0 Å². The normalized spacial score (nSPS) is 15.7. The highest BCUT2D eigenvalue weighted by Crippen LogP contribution is 2.57. The van der Waals surface area contributed by atoms with Gasteiger partial charge in [0.1, 0.15) is 12.3 Å². The van der Waals surface area contributed by atoms with Crippen molar-refractivity contribution in [2.75, 3.05) is 26.0 Å². The molecular formula is C18H34O6P2. The van der Waals surface area contributed by atoms with Crippen molar-refractivity contribution >= 4 is 15.0 Å². The van der Waals surface area contributed by atoms with Crippen molar-refractivity contribution in [2.45, 2.75) is 53.4 Å². The first-order valence-corrected chi connectivity index (χ1v) is 12.5. The van der Waals surface area contributed by atoms with Crippen LogP contribution in [0.1, 0.15) is 53.4 Å². The van der Waals surface area contributed by atoms with E-state index in [1.807, 2.05) is 13.0 Å². The second kappa shape index (κ2) is 12.8. The minimum Gasteiger partial charge on any atom is -0.367 e. The Kier molecular flexibility index (Phi) is 12.6. The predicted octanol–water partition coefficient (Wildman–Crippen LogP) is 5.44. The van der Waals surface area contributed by atoms with E-state index in [1.165, 1.54) is 18.3 Å². The van der Waals surface area contributed by atoms with Crippen LogP contribution < -0.4 is 0 Å². The Morgan fingerprint density at radius 2 is 1.46 bits per heavy atom. The van der Waals surface area contributed by atoms with E-state index in [9.17, 15) is 9.13 Å². The molecule has 0 fully saturated rings. The minimum absolute atomic E-state index is 0.240. The van der Waals surface area contributed by atoms with Crippen LogP contribution in [0.5, 0.6) is 0 Å². The summed E-state index contributed by atoms with van der Waals surface area (Å²) in [5.41, 5.74) is 3.88. The summed E-state index contributed by atoms with van der Waals surface area (Å²) in [6.07, 6.45) is 10.1. The van der Waals surface area contributed by atoms with Crippen LogP contribution in [0.4, 0.5) is 0 Å². The zero-order chi connectivity index (χ0) is 20.2. The van der Waals surface area contributed by atoms with Gasteiger partial charge < -0.3 is 19.0 Å². The van der Waals surface area contributed by atoms with Crippen LogP contribution in [0.3, 0.4) is 0 Å². The van der Waals surface area contributed by atoms with Gasteiger partial charge in [0.2, 0.25) is 7.37 Å². The molecule has 0 aliphatic carbocycles. The molecule has 0 amide bonds. The third kappa shape index (κ3) is 14.7. The van der Waals surface area contributed by atoms with Gasteiger partial charge in [-0.25, -0.2) is 0 Å². The minimum atomic E-state index is -4.40. The molecule has 0 aliphatic rings. The molecule has 26 heavy (non-hydrogen) atoms. The largest absolute Gasteiger partial charge is 0.367 e. The SMILES string of the molecule is COP(=O)(COC/C=C(\C)CC/C=C(\C)CCC=C(C)C)CP(=O)(O)O. The molecule has 0 aromatic rings. The van der Waals surface area contributed by atoms with Crippen molar-refractivity contribution in [2.24, 2.45) is 0 Å². The standard InChI is InChI=1S/C18H34O6P2/c1-16(2)8-6-9-17(3)10-7-11-18(4)12-13-24-14-25(19,23-5)15-26(20,21)22/h8,10,12H,6-7,9,11,13-15H2,1-5H3,(H2,20,21,22)/b17-10+,18-12+. The molecule has 2 N–H and O–H groups in total. The first-order chi connectivity index (χ1) is 12.0. The smallest absolute Gasteiger partial charge is 0.335 e. The van der Waals surface area contributed by atoms with Gasteiger partial charge in [-0.2, -0.15) is 0 Å². The molecule has 6 nitrogen and oxygen atoms in total. The lowest BCUT2D eigenvalue weighted by Crippen LogP contribution is -2.03. The monoisotopic (exact) mass is 408 g/mol. The van der Waals surface area contributed by atoms with Crippen molar-refractivity contribution in [1.29, 1.82) is 0 Å². The predicted molar refractivity (Wildman–Crippen MR) is 108 cm³/mol. The molecule has 0 aliphatic heterocycles. The summed E-state index contributed by atoms with van der Waals surface area (Å²) in [6, 6.07) is 0. The first-order valence-electron chi connectivity index (χ1n) is 8.68. The van der Waals surface area contributed by atoms with Gasteiger partial charge in [-0.15, -0.1) is 0 Å². The summed E-state index contributed by atoms with van der Waals surface area (Å²) in [5, 5.41) is 0. The van der Waals surface area contributed by atoms with Crippen LogP contribution in [-0.4, -0.2) is 35.8 Å². The summed E-state index contributed by atoms with van der Waals surface area (Å²) in [4.78, 5) is 17.9. The molecule has 1 atom stereocenters. The molecular weight excluding hydrogens is 374 g/mol. The lowest BCUT2D eigenvalue weighted by molar-refractivity contribution is 0.194. The molecule has 0 saturated carbocycles. The van der Waals surface area contributed by atoms with Crippen molar-refractivity contribution in [3.63, 3.8) is 0 Å². The van der Waals surface area contributed by atoms with E-state index < -0.39 is 20.9 Å². The Labute approximate surface area is 158 Å². The molecule has 1 unspecified atom stereocenters. The van der Waals surface area contributed by atoms with Gasteiger partial charge >= 0.3 is 7.60 Å². The molecule has 0 saturated heterocycles. The van der Waals surface area contributed by atoms with Crippen molar-refractivity contribution < 1.29 is 28.2 Å². The summed E-state index contributed by atoms with van der Waals surface area (Å²) >= 11 is 0. The number of hydrogen-bond acceptors (Lipinski definition) is 4.